The normalized spacial score (nSPS) is 30.3. The fourth-order valence-corrected chi connectivity index (χ4v) is 5.27. The third kappa shape index (κ3) is 5.98. The molecule has 5 heteroatoms. The Hall–Kier alpha value is -0.545. The molecular weight excluding hydrogens is 327 g/mol. The summed E-state index contributed by atoms with van der Waals surface area (Å²) in [6, 6.07) is 0. The largest absolute Gasteiger partial charge is 0.460 e. The number of fused-ring (bicyclic) bond motifs is 2. The maximum absolute atomic E-state index is 12.4. The number of carbonyl (C=O) groups is 1. The quantitative estimate of drug-likeness (QED) is 0.458. The van der Waals surface area contributed by atoms with Gasteiger partial charge >= 0.3 is 5.97 Å². The predicted molar refractivity (Wildman–Crippen MR) is 105 cm³/mol. The van der Waals surface area contributed by atoms with Gasteiger partial charge < -0.3 is 14.2 Å². The minimum atomic E-state index is -0.439. The fraction of sp³-hybridized carbons (Fsp3) is 0.952. The highest BCUT2D eigenvalue weighted by Gasteiger charge is 2.41. The van der Waals surface area contributed by atoms with Gasteiger partial charge in [0.15, 0.2) is 6.29 Å². The lowest BCUT2D eigenvalue weighted by Crippen LogP contribution is -2.33. The molecule has 0 aromatic rings. The Labute approximate surface area is 159 Å². The van der Waals surface area contributed by atoms with E-state index < -0.39 is 5.60 Å². The van der Waals surface area contributed by atoms with Gasteiger partial charge in [0.05, 0.1) is 12.5 Å². The molecule has 3 aliphatic heterocycles. The molecule has 3 aliphatic rings. The van der Waals surface area contributed by atoms with E-state index in [-0.39, 0.29) is 18.4 Å². The molecule has 0 spiro atoms. The van der Waals surface area contributed by atoms with E-state index >= 15 is 0 Å². The Morgan fingerprint density at radius 2 is 1.81 bits per heavy atom. The molecule has 3 heterocycles. The average Bonchev–Trinajstić information content (AvgIpc) is 2.78. The van der Waals surface area contributed by atoms with Crippen molar-refractivity contribution in [3.05, 3.63) is 0 Å². The Morgan fingerprint density at radius 3 is 2.42 bits per heavy atom. The van der Waals surface area contributed by atoms with E-state index in [1.807, 2.05) is 20.8 Å². The van der Waals surface area contributed by atoms with E-state index in [9.17, 15) is 4.79 Å². The zero-order valence-electron chi connectivity index (χ0n) is 17.0. The van der Waals surface area contributed by atoms with Crippen LogP contribution in [0.2, 0.25) is 18.0 Å². The van der Waals surface area contributed by atoms with Gasteiger partial charge in [0.1, 0.15) is 12.3 Å². The third-order valence-corrected chi connectivity index (χ3v) is 6.39. The number of carbonyl (C=O) groups excluding carboxylic acids is 1. The molecule has 4 nitrogen and oxygen atoms in total. The molecule has 0 aromatic carbocycles. The van der Waals surface area contributed by atoms with Crippen LogP contribution in [0.1, 0.15) is 85.0 Å². The van der Waals surface area contributed by atoms with Crippen molar-refractivity contribution in [3.8, 4) is 0 Å². The van der Waals surface area contributed by atoms with E-state index in [0.717, 1.165) is 50.6 Å². The molecule has 3 fully saturated rings. The average molecular weight is 364 g/mol. The summed E-state index contributed by atoms with van der Waals surface area (Å²) in [5.41, 5.74) is -0.439. The molecule has 2 bridgehead atoms. The number of esters is 1. The van der Waals surface area contributed by atoms with Gasteiger partial charge in [0.2, 0.25) is 0 Å². The van der Waals surface area contributed by atoms with Gasteiger partial charge in [-0.05, 0) is 46.5 Å². The summed E-state index contributed by atoms with van der Waals surface area (Å²) in [7, 11) is 0. The van der Waals surface area contributed by atoms with Gasteiger partial charge in [-0.25, -0.2) is 0 Å². The standard InChI is InChI=1S/C21H37BO4/c1-21(2,3)26-19(23)15-18(25-20-9-4-5-14-24-20)12-13-22-16-7-6-8-17(22)11-10-16/h16-18,20H,4-15H2,1-3H3/t16-,17+,18-,20?/m0/s1. The van der Waals surface area contributed by atoms with Gasteiger partial charge in [-0.3, -0.25) is 4.79 Å². The Morgan fingerprint density at radius 1 is 1.08 bits per heavy atom. The molecule has 148 valence electrons. The second-order valence-corrected chi connectivity index (χ2v) is 9.61. The molecule has 0 radical (unpaired) electrons. The smallest absolute Gasteiger partial charge is 0.308 e. The first-order chi connectivity index (χ1) is 12.4. The van der Waals surface area contributed by atoms with Crippen LogP contribution >= 0.6 is 0 Å². The zero-order chi connectivity index (χ0) is 18.6. The molecular formula is C21H37BO4. The monoisotopic (exact) mass is 364 g/mol. The van der Waals surface area contributed by atoms with Crippen LogP contribution in [0.15, 0.2) is 0 Å². The SMILES string of the molecule is CC(C)(C)OC(=O)C[C@H](CCB1[C@@H]2CCC[C@H]1CC2)OC1CCCCO1. The minimum absolute atomic E-state index is 0.0747. The highest BCUT2D eigenvalue weighted by molar-refractivity contribution is 6.63. The van der Waals surface area contributed by atoms with E-state index in [0.29, 0.717) is 6.42 Å². The predicted octanol–water partition coefficient (Wildman–Crippen LogP) is 5.23. The minimum Gasteiger partial charge on any atom is -0.460 e. The molecule has 1 unspecified atom stereocenters. The number of rotatable bonds is 7. The van der Waals surface area contributed by atoms with E-state index in [2.05, 4.69) is 0 Å². The first-order valence-electron chi connectivity index (χ1n) is 10.9. The highest BCUT2D eigenvalue weighted by Crippen LogP contribution is 2.50. The van der Waals surface area contributed by atoms with Crippen LogP contribution in [0.25, 0.3) is 0 Å². The van der Waals surface area contributed by atoms with Crippen LogP contribution in [0.5, 0.6) is 0 Å². The van der Waals surface area contributed by atoms with Crippen LogP contribution in [0, 0.1) is 0 Å². The summed E-state index contributed by atoms with van der Waals surface area (Å²) in [6.07, 6.45) is 12.5. The van der Waals surface area contributed by atoms with Gasteiger partial charge in [-0.2, -0.15) is 0 Å². The van der Waals surface area contributed by atoms with Crippen LogP contribution < -0.4 is 0 Å². The molecule has 0 saturated carbocycles. The number of hydrogen-bond acceptors (Lipinski definition) is 4. The van der Waals surface area contributed by atoms with E-state index in [1.54, 1.807) is 0 Å². The second-order valence-electron chi connectivity index (χ2n) is 9.61. The zero-order valence-corrected chi connectivity index (χ0v) is 17.0. The third-order valence-electron chi connectivity index (χ3n) is 6.39. The summed E-state index contributed by atoms with van der Waals surface area (Å²) in [4.78, 5) is 12.4. The van der Waals surface area contributed by atoms with E-state index in [1.165, 1.54) is 38.4 Å². The van der Waals surface area contributed by atoms with Crippen LogP contribution in [0.4, 0.5) is 0 Å². The van der Waals surface area contributed by atoms with Crippen LogP contribution in [-0.2, 0) is 19.0 Å². The van der Waals surface area contributed by atoms with Gasteiger partial charge in [-0.1, -0.05) is 50.1 Å². The topological polar surface area (TPSA) is 44.8 Å². The molecule has 3 saturated heterocycles. The summed E-state index contributed by atoms with van der Waals surface area (Å²) in [6.45, 7) is 7.39. The van der Waals surface area contributed by atoms with Crippen molar-refractivity contribution in [1.29, 1.82) is 0 Å². The maximum atomic E-state index is 12.4. The number of ether oxygens (including phenoxy) is 3. The number of hydrogen-bond donors (Lipinski definition) is 0. The molecule has 4 atom stereocenters. The van der Waals surface area contributed by atoms with Gasteiger partial charge in [-0.15, -0.1) is 0 Å². The Bertz CT molecular complexity index is 439. The maximum Gasteiger partial charge on any atom is 0.308 e. The lowest BCUT2D eigenvalue weighted by atomic mass is 9.32. The lowest BCUT2D eigenvalue weighted by molar-refractivity contribution is -0.195. The van der Waals surface area contributed by atoms with Crippen LogP contribution in [0.3, 0.4) is 0 Å². The van der Waals surface area contributed by atoms with Crippen molar-refractivity contribution >= 4 is 12.7 Å². The Balaban J connectivity index is 1.54. The van der Waals surface area contributed by atoms with Crippen LogP contribution in [-0.4, -0.2) is 37.3 Å². The van der Waals surface area contributed by atoms with E-state index in [4.69, 9.17) is 14.2 Å². The fourth-order valence-electron chi connectivity index (χ4n) is 5.27. The van der Waals surface area contributed by atoms with Crippen molar-refractivity contribution in [2.24, 2.45) is 0 Å². The van der Waals surface area contributed by atoms with Crippen molar-refractivity contribution in [1.82, 2.24) is 0 Å². The lowest BCUT2D eigenvalue weighted by Gasteiger charge is -2.31. The molecule has 26 heavy (non-hydrogen) atoms. The summed E-state index contributed by atoms with van der Waals surface area (Å²) >= 11 is 0. The van der Waals surface area contributed by atoms with Gasteiger partial charge in [0, 0.05) is 6.61 Å². The summed E-state index contributed by atoms with van der Waals surface area (Å²) in [5.74, 6) is 1.69. The Kier molecular flexibility index (Phi) is 7.07. The first-order valence-corrected chi connectivity index (χ1v) is 10.9. The second kappa shape index (κ2) is 9.10. The molecule has 3 rings (SSSR count). The van der Waals surface area contributed by atoms with Crippen molar-refractivity contribution in [2.45, 2.75) is 121 Å². The van der Waals surface area contributed by atoms with Crippen molar-refractivity contribution < 1.29 is 19.0 Å². The summed E-state index contributed by atoms with van der Waals surface area (Å²) in [5, 5.41) is 0. The van der Waals surface area contributed by atoms with Crippen molar-refractivity contribution in [2.75, 3.05) is 6.61 Å². The van der Waals surface area contributed by atoms with Crippen molar-refractivity contribution in [3.63, 3.8) is 0 Å². The highest BCUT2D eigenvalue weighted by atomic mass is 16.7. The van der Waals surface area contributed by atoms with Gasteiger partial charge in [0.25, 0.3) is 0 Å². The molecule has 0 amide bonds. The molecule has 0 aliphatic carbocycles. The molecule has 0 aromatic heterocycles. The summed E-state index contributed by atoms with van der Waals surface area (Å²) < 4.78 is 17.5. The molecule has 0 N–H and O–H groups in total. The first kappa shape index (κ1) is 20.2.